The minimum Gasteiger partial charge on any atom is -0.352 e. The van der Waals surface area contributed by atoms with E-state index in [4.69, 9.17) is 23.2 Å². The monoisotopic (exact) mass is 531 g/mol. The second kappa shape index (κ2) is 11.9. The molecule has 1 atom stereocenters. The number of carbonyl (C=O) groups excluding carboxylic acids is 2. The molecule has 34 heavy (non-hydrogen) atoms. The molecule has 2 amide bonds. The number of carbonyl (C=O) groups is 2. The van der Waals surface area contributed by atoms with Gasteiger partial charge in [-0.1, -0.05) is 36.2 Å². The molecule has 0 saturated carbocycles. The smallest absolute Gasteiger partial charge is 0.244 e. The van der Waals surface area contributed by atoms with Crippen LogP contribution in [-0.4, -0.2) is 50.0 Å². The van der Waals surface area contributed by atoms with Gasteiger partial charge in [0.2, 0.25) is 21.8 Å². The Morgan fingerprint density at radius 1 is 1.06 bits per heavy atom. The number of benzene rings is 2. The number of nitrogens with one attached hydrogen (secondary N) is 1. The number of nitrogens with zero attached hydrogens (tertiary/aromatic N) is 2. The van der Waals surface area contributed by atoms with E-state index < -0.39 is 34.3 Å². The fraction of sp³-hybridized carbons (Fsp3) is 0.391. The first kappa shape index (κ1) is 27.9. The maximum atomic E-state index is 13.5. The van der Waals surface area contributed by atoms with Gasteiger partial charge in [0.05, 0.1) is 11.9 Å². The normalized spacial score (nSPS) is 12.4. The lowest BCUT2D eigenvalue weighted by Gasteiger charge is -2.33. The Bertz CT molecular complexity index is 1110. The summed E-state index contributed by atoms with van der Waals surface area (Å²) in [6.07, 6.45) is 1.21. The zero-order valence-corrected chi connectivity index (χ0v) is 21.7. The fourth-order valence-electron chi connectivity index (χ4n) is 3.37. The number of anilines is 1. The minimum absolute atomic E-state index is 0.109. The van der Waals surface area contributed by atoms with Gasteiger partial charge in [-0.15, -0.1) is 0 Å². The molecule has 0 radical (unpaired) electrons. The predicted molar refractivity (Wildman–Crippen MR) is 133 cm³/mol. The fourth-order valence-corrected chi connectivity index (χ4v) is 4.74. The Hall–Kier alpha value is -2.36. The van der Waals surface area contributed by atoms with Crippen LogP contribution in [0, 0.1) is 5.82 Å². The van der Waals surface area contributed by atoms with Crippen LogP contribution in [0.25, 0.3) is 0 Å². The number of rotatable bonds is 10. The highest BCUT2D eigenvalue weighted by Gasteiger charge is 2.32. The Balaban J connectivity index is 2.49. The quantitative estimate of drug-likeness (QED) is 0.496. The molecule has 0 saturated heterocycles. The van der Waals surface area contributed by atoms with Crippen LogP contribution in [0.5, 0.6) is 0 Å². The summed E-state index contributed by atoms with van der Waals surface area (Å²) in [6, 6.07) is 8.54. The van der Waals surface area contributed by atoms with Gasteiger partial charge >= 0.3 is 0 Å². The molecule has 11 heteroatoms. The third-order valence-corrected chi connectivity index (χ3v) is 6.85. The van der Waals surface area contributed by atoms with Crippen LogP contribution in [-0.2, 0) is 26.2 Å². The van der Waals surface area contributed by atoms with E-state index in [-0.39, 0.29) is 30.6 Å². The molecule has 0 fully saturated rings. The van der Waals surface area contributed by atoms with Crippen LogP contribution < -0.4 is 9.62 Å². The Labute approximate surface area is 209 Å². The van der Waals surface area contributed by atoms with E-state index in [1.165, 1.54) is 17.0 Å². The average Bonchev–Trinajstić information content (AvgIpc) is 2.73. The molecule has 2 rings (SSSR count). The highest BCUT2D eigenvalue weighted by molar-refractivity contribution is 7.92. The standard InChI is InChI=1S/C23H28Cl2FN3O4S/c1-5-21(23(31)27-15(2)3)28(13-18-19(24)7-6-8-20(18)25)22(30)14-29(34(4,32)33)17-11-9-16(26)10-12-17/h6-12,15,21H,5,13-14H2,1-4H3,(H,27,31)/t21-/m0/s1. The highest BCUT2D eigenvalue weighted by atomic mass is 35.5. The molecule has 2 aromatic carbocycles. The zero-order valence-electron chi connectivity index (χ0n) is 19.4. The molecule has 0 unspecified atom stereocenters. The van der Waals surface area contributed by atoms with E-state index in [1.807, 2.05) is 0 Å². The molecule has 0 bridgehead atoms. The molecular formula is C23H28Cl2FN3O4S. The Morgan fingerprint density at radius 2 is 1.62 bits per heavy atom. The van der Waals surface area contributed by atoms with Crippen molar-refractivity contribution in [2.75, 3.05) is 17.1 Å². The van der Waals surface area contributed by atoms with E-state index in [2.05, 4.69) is 5.32 Å². The maximum absolute atomic E-state index is 13.5. The number of hydrogen-bond donors (Lipinski definition) is 1. The predicted octanol–water partition coefficient (Wildman–Crippen LogP) is 4.23. The lowest BCUT2D eigenvalue weighted by atomic mass is 10.1. The number of amides is 2. The van der Waals surface area contributed by atoms with E-state index in [0.29, 0.717) is 15.6 Å². The average molecular weight is 532 g/mol. The Kier molecular flexibility index (Phi) is 9.73. The van der Waals surface area contributed by atoms with Gasteiger partial charge in [0.15, 0.2) is 0 Å². The zero-order chi connectivity index (χ0) is 25.6. The van der Waals surface area contributed by atoms with Gasteiger partial charge in [0.25, 0.3) is 0 Å². The van der Waals surface area contributed by atoms with E-state index in [9.17, 15) is 22.4 Å². The molecule has 0 aliphatic rings. The van der Waals surface area contributed by atoms with Gasteiger partial charge in [-0.2, -0.15) is 0 Å². The molecule has 0 aliphatic carbocycles. The van der Waals surface area contributed by atoms with Crippen LogP contribution in [0.4, 0.5) is 10.1 Å². The summed E-state index contributed by atoms with van der Waals surface area (Å²) in [5.74, 6) is -1.58. The van der Waals surface area contributed by atoms with Crippen molar-refractivity contribution < 1.29 is 22.4 Å². The van der Waals surface area contributed by atoms with Crippen molar-refractivity contribution in [3.8, 4) is 0 Å². The summed E-state index contributed by atoms with van der Waals surface area (Å²) >= 11 is 12.6. The van der Waals surface area contributed by atoms with Gasteiger partial charge in [0.1, 0.15) is 18.4 Å². The summed E-state index contributed by atoms with van der Waals surface area (Å²) in [6.45, 7) is 4.62. The summed E-state index contributed by atoms with van der Waals surface area (Å²) in [7, 11) is -3.91. The van der Waals surface area contributed by atoms with Crippen molar-refractivity contribution in [1.82, 2.24) is 10.2 Å². The second-order valence-electron chi connectivity index (χ2n) is 8.06. The van der Waals surface area contributed by atoms with Crippen molar-refractivity contribution in [3.63, 3.8) is 0 Å². The third kappa shape index (κ3) is 7.32. The van der Waals surface area contributed by atoms with E-state index in [0.717, 1.165) is 22.7 Å². The summed E-state index contributed by atoms with van der Waals surface area (Å²) < 4.78 is 39.3. The van der Waals surface area contributed by atoms with Gasteiger partial charge in [0, 0.05) is 28.2 Å². The van der Waals surface area contributed by atoms with Gasteiger partial charge < -0.3 is 10.2 Å². The maximum Gasteiger partial charge on any atom is 0.244 e. The Morgan fingerprint density at radius 3 is 2.09 bits per heavy atom. The SMILES string of the molecule is CC[C@@H](C(=O)NC(C)C)N(Cc1c(Cl)cccc1Cl)C(=O)CN(c1ccc(F)cc1)S(C)(=O)=O. The minimum atomic E-state index is -3.91. The van der Waals surface area contributed by atoms with Crippen LogP contribution in [0.15, 0.2) is 42.5 Å². The molecule has 186 valence electrons. The van der Waals surface area contributed by atoms with Crippen molar-refractivity contribution in [2.45, 2.75) is 45.8 Å². The first-order chi connectivity index (χ1) is 15.8. The third-order valence-electron chi connectivity index (χ3n) is 5.00. The van der Waals surface area contributed by atoms with Crippen LogP contribution in [0.3, 0.4) is 0 Å². The van der Waals surface area contributed by atoms with Gasteiger partial charge in [-0.3, -0.25) is 13.9 Å². The van der Waals surface area contributed by atoms with Crippen molar-refractivity contribution in [2.24, 2.45) is 0 Å². The highest BCUT2D eigenvalue weighted by Crippen LogP contribution is 2.27. The molecule has 1 N–H and O–H groups in total. The summed E-state index contributed by atoms with van der Waals surface area (Å²) in [5, 5.41) is 3.41. The first-order valence-corrected chi connectivity index (χ1v) is 13.2. The number of hydrogen-bond acceptors (Lipinski definition) is 4. The largest absolute Gasteiger partial charge is 0.352 e. The second-order valence-corrected chi connectivity index (χ2v) is 10.8. The van der Waals surface area contributed by atoms with Gasteiger partial charge in [-0.25, -0.2) is 12.8 Å². The van der Waals surface area contributed by atoms with Crippen molar-refractivity contribution in [3.05, 3.63) is 63.9 Å². The van der Waals surface area contributed by atoms with E-state index in [1.54, 1.807) is 39.0 Å². The molecule has 7 nitrogen and oxygen atoms in total. The first-order valence-electron chi connectivity index (χ1n) is 10.6. The number of halogens is 3. The molecule has 2 aromatic rings. The molecule has 0 aliphatic heterocycles. The van der Waals surface area contributed by atoms with Crippen LogP contribution in [0.2, 0.25) is 10.0 Å². The molecule has 0 heterocycles. The molecule has 0 aromatic heterocycles. The number of sulfonamides is 1. The molecule has 0 spiro atoms. The summed E-state index contributed by atoms with van der Waals surface area (Å²) in [5.41, 5.74) is 0.551. The van der Waals surface area contributed by atoms with Gasteiger partial charge in [-0.05, 0) is 56.7 Å². The lowest BCUT2D eigenvalue weighted by Crippen LogP contribution is -2.53. The van der Waals surface area contributed by atoms with Crippen molar-refractivity contribution >= 4 is 50.7 Å². The lowest BCUT2D eigenvalue weighted by molar-refractivity contribution is -0.140. The van der Waals surface area contributed by atoms with Crippen LogP contribution in [0.1, 0.15) is 32.8 Å². The van der Waals surface area contributed by atoms with Crippen LogP contribution >= 0.6 is 23.2 Å². The molecular weight excluding hydrogens is 504 g/mol. The van der Waals surface area contributed by atoms with Crippen molar-refractivity contribution in [1.29, 1.82) is 0 Å². The topological polar surface area (TPSA) is 86.8 Å². The summed E-state index contributed by atoms with van der Waals surface area (Å²) in [4.78, 5) is 27.7. The van der Waals surface area contributed by atoms with E-state index >= 15 is 0 Å².